The van der Waals surface area contributed by atoms with Crippen LogP contribution in [0.1, 0.15) is 33.0 Å². The number of imidazole rings is 1. The second-order valence-corrected chi connectivity index (χ2v) is 6.93. The summed E-state index contributed by atoms with van der Waals surface area (Å²) in [4.78, 5) is 4.77. The van der Waals surface area contributed by atoms with E-state index in [1.807, 2.05) is 18.2 Å². The number of rotatable bonds is 5. The predicted molar refractivity (Wildman–Crippen MR) is 93.6 cm³/mol. The zero-order chi connectivity index (χ0) is 15.6. The van der Waals surface area contributed by atoms with E-state index < -0.39 is 0 Å². The fourth-order valence-electron chi connectivity index (χ4n) is 2.37. The first-order valence-electron chi connectivity index (χ1n) is 7.24. The molecule has 0 aliphatic carbocycles. The molecule has 0 aliphatic rings. The van der Waals surface area contributed by atoms with Gasteiger partial charge in [-0.15, -0.1) is 0 Å². The lowest BCUT2D eigenvalue weighted by Gasteiger charge is -2.12. The number of aryl methyl sites for hydroxylation is 1. The lowest BCUT2D eigenvalue weighted by Crippen LogP contribution is -2.11. The number of anilines is 1. The molecule has 1 aromatic carbocycles. The van der Waals surface area contributed by atoms with Gasteiger partial charge in [0.15, 0.2) is 0 Å². The van der Waals surface area contributed by atoms with Crippen molar-refractivity contribution >= 4 is 33.3 Å². The third kappa shape index (κ3) is 3.61. The molecule has 0 spiro atoms. The summed E-state index contributed by atoms with van der Waals surface area (Å²) in [5.41, 5.74) is 8.13. The molecule has 0 radical (unpaired) electrons. The minimum absolute atomic E-state index is 0.521. The van der Waals surface area contributed by atoms with Crippen LogP contribution in [0.25, 0.3) is 11.3 Å². The van der Waals surface area contributed by atoms with Gasteiger partial charge < -0.3 is 10.3 Å². The molecule has 2 aromatic rings. The average molecular weight is 371 g/mol. The highest BCUT2D eigenvalue weighted by Crippen LogP contribution is 2.34. The van der Waals surface area contributed by atoms with Crippen LogP contribution in [0, 0.1) is 5.92 Å². The van der Waals surface area contributed by atoms with Gasteiger partial charge in [-0.05, 0) is 30.5 Å². The number of nitrogens with zero attached hydrogens (tertiary/aromatic N) is 2. The van der Waals surface area contributed by atoms with Gasteiger partial charge in [0, 0.05) is 28.0 Å². The molecule has 1 heterocycles. The standard InChI is InChI=1S/C16H21BrClN3/c1-4-5-14-20-15(16(19)21(14)9-10(2)3)12-8-11(18)6-7-13(12)17/h6-8,10H,4-5,9,19H2,1-3H3. The maximum absolute atomic E-state index is 6.37. The molecule has 3 nitrogen and oxygen atoms in total. The Morgan fingerprint density at radius 3 is 2.71 bits per heavy atom. The Morgan fingerprint density at radius 1 is 1.38 bits per heavy atom. The molecule has 2 N–H and O–H groups in total. The summed E-state index contributed by atoms with van der Waals surface area (Å²) in [6, 6.07) is 5.68. The van der Waals surface area contributed by atoms with Crippen LogP contribution in [0.5, 0.6) is 0 Å². The van der Waals surface area contributed by atoms with Crippen LogP contribution in [0.15, 0.2) is 22.7 Å². The third-order valence-corrected chi connectivity index (χ3v) is 4.22. The Balaban J connectivity index is 2.56. The van der Waals surface area contributed by atoms with E-state index in [-0.39, 0.29) is 0 Å². The minimum Gasteiger partial charge on any atom is -0.383 e. The molecule has 0 fully saturated rings. The maximum atomic E-state index is 6.37. The molecule has 2 rings (SSSR count). The number of hydrogen-bond acceptors (Lipinski definition) is 2. The van der Waals surface area contributed by atoms with Gasteiger partial charge >= 0.3 is 0 Å². The Labute approximate surface area is 139 Å². The normalized spacial score (nSPS) is 11.3. The number of hydrogen-bond donors (Lipinski definition) is 1. The van der Waals surface area contributed by atoms with Gasteiger partial charge in [0.1, 0.15) is 17.3 Å². The molecule has 0 bridgehead atoms. The highest BCUT2D eigenvalue weighted by molar-refractivity contribution is 9.10. The molecule has 5 heteroatoms. The molecule has 21 heavy (non-hydrogen) atoms. The van der Waals surface area contributed by atoms with Crippen molar-refractivity contribution in [3.63, 3.8) is 0 Å². The van der Waals surface area contributed by atoms with Crippen molar-refractivity contribution in [3.05, 3.63) is 33.5 Å². The summed E-state index contributed by atoms with van der Waals surface area (Å²) in [7, 11) is 0. The molecule has 0 amide bonds. The van der Waals surface area contributed by atoms with Gasteiger partial charge in [-0.1, -0.05) is 48.3 Å². The first-order chi connectivity index (χ1) is 9.93. The SMILES string of the molecule is CCCc1nc(-c2cc(Cl)ccc2Br)c(N)n1CC(C)C. The molecule has 114 valence electrons. The van der Waals surface area contributed by atoms with E-state index in [0.717, 1.165) is 46.8 Å². The number of benzene rings is 1. The Morgan fingerprint density at radius 2 is 2.10 bits per heavy atom. The zero-order valence-electron chi connectivity index (χ0n) is 12.7. The predicted octanol–water partition coefficient (Wildman–Crippen LogP) is 5.16. The van der Waals surface area contributed by atoms with Crippen LogP contribution in [-0.2, 0) is 13.0 Å². The van der Waals surface area contributed by atoms with Gasteiger partial charge in [-0.25, -0.2) is 4.98 Å². The van der Waals surface area contributed by atoms with E-state index in [2.05, 4.69) is 41.3 Å². The van der Waals surface area contributed by atoms with E-state index in [0.29, 0.717) is 10.9 Å². The summed E-state index contributed by atoms with van der Waals surface area (Å²) < 4.78 is 3.09. The van der Waals surface area contributed by atoms with E-state index in [9.17, 15) is 0 Å². The van der Waals surface area contributed by atoms with Crippen molar-refractivity contribution in [2.45, 2.75) is 40.2 Å². The van der Waals surface area contributed by atoms with Crippen molar-refractivity contribution in [1.82, 2.24) is 9.55 Å². The Hall–Kier alpha value is -1.00. The molecule has 0 saturated heterocycles. The van der Waals surface area contributed by atoms with Gasteiger partial charge in [0.05, 0.1) is 0 Å². The summed E-state index contributed by atoms with van der Waals surface area (Å²) in [5.74, 6) is 2.29. The first kappa shape index (κ1) is 16.4. The quantitative estimate of drug-likeness (QED) is 0.790. The number of halogens is 2. The molecule has 0 aliphatic heterocycles. The van der Waals surface area contributed by atoms with Crippen LogP contribution in [-0.4, -0.2) is 9.55 Å². The van der Waals surface area contributed by atoms with Crippen molar-refractivity contribution in [1.29, 1.82) is 0 Å². The van der Waals surface area contributed by atoms with E-state index in [1.54, 1.807) is 0 Å². The number of nitrogens with two attached hydrogens (primary N) is 1. The van der Waals surface area contributed by atoms with Crippen LogP contribution < -0.4 is 5.73 Å². The number of nitrogen functional groups attached to an aromatic ring is 1. The van der Waals surface area contributed by atoms with Crippen molar-refractivity contribution in [2.24, 2.45) is 5.92 Å². The second kappa shape index (κ2) is 6.84. The smallest absolute Gasteiger partial charge is 0.131 e. The van der Waals surface area contributed by atoms with Crippen LogP contribution in [0.3, 0.4) is 0 Å². The highest BCUT2D eigenvalue weighted by Gasteiger charge is 2.18. The van der Waals surface area contributed by atoms with Gasteiger partial charge in [0.2, 0.25) is 0 Å². The lowest BCUT2D eigenvalue weighted by atomic mass is 10.1. The highest BCUT2D eigenvalue weighted by atomic mass is 79.9. The van der Waals surface area contributed by atoms with E-state index in [4.69, 9.17) is 22.3 Å². The molecule has 0 saturated carbocycles. The Kier molecular flexibility index (Phi) is 5.33. The van der Waals surface area contributed by atoms with Crippen LogP contribution in [0.2, 0.25) is 5.02 Å². The summed E-state index contributed by atoms with van der Waals surface area (Å²) in [6.45, 7) is 7.40. The fraction of sp³-hybridized carbons (Fsp3) is 0.438. The second-order valence-electron chi connectivity index (χ2n) is 5.64. The minimum atomic E-state index is 0.521. The summed E-state index contributed by atoms with van der Waals surface area (Å²) in [6.07, 6.45) is 1.97. The summed E-state index contributed by atoms with van der Waals surface area (Å²) >= 11 is 9.68. The van der Waals surface area contributed by atoms with Crippen molar-refractivity contribution in [2.75, 3.05) is 5.73 Å². The monoisotopic (exact) mass is 369 g/mol. The summed E-state index contributed by atoms with van der Waals surface area (Å²) in [5, 5.41) is 0.683. The van der Waals surface area contributed by atoms with Crippen LogP contribution >= 0.6 is 27.5 Å². The topological polar surface area (TPSA) is 43.8 Å². The Bertz CT molecular complexity index is 635. The third-order valence-electron chi connectivity index (χ3n) is 3.29. The lowest BCUT2D eigenvalue weighted by molar-refractivity contribution is 0.510. The molecule has 0 atom stereocenters. The largest absolute Gasteiger partial charge is 0.383 e. The van der Waals surface area contributed by atoms with E-state index in [1.165, 1.54) is 0 Å². The van der Waals surface area contributed by atoms with Crippen molar-refractivity contribution < 1.29 is 0 Å². The molecular weight excluding hydrogens is 350 g/mol. The molecule has 1 aromatic heterocycles. The fourth-order valence-corrected chi connectivity index (χ4v) is 2.98. The van der Waals surface area contributed by atoms with Gasteiger partial charge in [0.25, 0.3) is 0 Å². The van der Waals surface area contributed by atoms with Crippen molar-refractivity contribution in [3.8, 4) is 11.3 Å². The van der Waals surface area contributed by atoms with Gasteiger partial charge in [-0.3, -0.25) is 0 Å². The zero-order valence-corrected chi connectivity index (χ0v) is 15.0. The molecule has 0 unspecified atom stereocenters. The van der Waals surface area contributed by atoms with Gasteiger partial charge in [-0.2, -0.15) is 0 Å². The maximum Gasteiger partial charge on any atom is 0.131 e. The average Bonchev–Trinajstić information content (AvgIpc) is 2.70. The van der Waals surface area contributed by atoms with E-state index >= 15 is 0 Å². The van der Waals surface area contributed by atoms with Crippen LogP contribution in [0.4, 0.5) is 5.82 Å². The molecular formula is C16H21BrClN3. The first-order valence-corrected chi connectivity index (χ1v) is 8.41. The number of aromatic nitrogens is 2.